The molecule has 0 fully saturated rings. The Hall–Kier alpha value is -3.67. The second-order valence-corrected chi connectivity index (χ2v) is 8.67. The number of carbonyl (C=O) groups excluding carboxylic acids is 1. The molecule has 178 valence electrons. The zero-order valence-electron chi connectivity index (χ0n) is 19.9. The quantitative estimate of drug-likeness (QED) is 0.406. The van der Waals surface area contributed by atoms with Gasteiger partial charge in [-0.2, -0.15) is 0 Å². The zero-order valence-corrected chi connectivity index (χ0v) is 19.9. The highest BCUT2D eigenvalue weighted by molar-refractivity contribution is 5.70. The Morgan fingerprint density at radius 2 is 1.71 bits per heavy atom. The third kappa shape index (κ3) is 5.81. The molecule has 0 amide bonds. The van der Waals surface area contributed by atoms with Crippen LogP contribution < -0.4 is 19.1 Å². The summed E-state index contributed by atoms with van der Waals surface area (Å²) in [6.45, 7) is 5.36. The largest absolute Gasteiger partial charge is 0.490 e. The predicted molar refractivity (Wildman–Crippen MR) is 132 cm³/mol. The fraction of sp³-hybridized carbons (Fsp3) is 0.321. The summed E-state index contributed by atoms with van der Waals surface area (Å²) in [5.74, 6) is 2.06. The molecule has 2 unspecified atom stereocenters. The molecule has 34 heavy (non-hydrogen) atoms. The van der Waals surface area contributed by atoms with Crippen LogP contribution in [0.3, 0.4) is 0 Å². The van der Waals surface area contributed by atoms with Crippen molar-refractivity contribution in [2.45, 2.75) is 38.5 Å². The van der Waals surface area contributed by atoms with Gasteiger partial charge in [0.25, 0.3) is 0 Å². The molecule has 0 N–H and O–H groups in total. The van der Waals surface area contributed by atoms with Crippen LogP contribution in [0.25, 0.3) is 0 Å². The molecule has 3 aromatic carbocycles. The molecule has 0 bridgehead atoms. The van der Waals surface area contributed by atoms with Crippen molar-refractivity contribution < 1.29 is 23.7 Å². The highest BCUT2D eigenvalue weighted by Gasteiger charge is 2.31. The third-order valence-electron chi connectivity index (χ3n) is 5.86. The molecule has 1 aliphatic rings. The van der Waals surface area contributed by atoms with Gasteiger partial charge in [-0.25, -0.2) is 0 Å². The van der Waals surface area contributed by atoms with Gasteiger partial charge in [-0.15, -0.1) is 0 Å². The van der Waals surface area contributed by atoms with E-state index in [9.17, 15) is 4.79 Å². The van der Waals surface area contributed by atoms with Gasteiger partial charge in [0.2, 0.25) is 0 Å². The second kappa shape index (κ2) is 10.5. The van der Waals surface area contributed by atoms with Crippen LogP contribution in [-0.2, 0) is 16.0 Å². The number of methoxy groups -OCH3 is 1. The van der Waals surface area contributed by atoms with E-state index in [1.54, 1.807) is 0 Å². The lowest BCUT2D eigenvalue weighted by Gasteiger charge is -2.35. The van der Waals surface area contributed by atoms with Gasteiger partial charge in [-0.05, 0) is 55.8 Å². The van der Waals surface area contributed by atoms with Gasteiger partial charge in [0.1, 0.15) is 29.5 Å². The van der Waals surface area contributed by atoms with Crippen LogP contribution in [0.1, 0.15) is 25.8 Å². The maximum atomic E-state index is 12.1. The lowest BCUT2D eigenvalue weighted by Crippen LogP contribution is -2.42. The van der Waals surface area contributed by atoms with Gasteiger partial charge in [0, 0.05) is 6.42 Å². The van der Waals surface area contributed by atoms with E-state index in [4.69, 9.17) is 18.9 Å². The molecule has 6 heteroatoms. The van der Waals surface area contributed by atoms with E-state index in [0.717, 1.165) is 29.3 Å². The minimum atomic E-state index is -0.748. The molecular formula is C28H31NO5. The van der Waals surface area contributed by atoms with Crippen LogP contribution in [0.15, 0.2) is 78.9 Å². The number of anilines is 1. The van der Waals surface area contributed by atoms with E-state index >= 15 is 0 Å². The first-order valence-corrected chi connectivity index (χ1v) is 11.5. The monoisotopic (exact) mass is 461 g/mol. The lowest BCUT2D eigenvalue weighted by atomic mass is 9.92. The van der Waals surface area contributed by atoms with Crippen LogP contribution >= 0.6 is 0 Å². The molecular weight excluding hydrogens is 430 g/mol. The SMILES string of the molecule is COC(=O)CC(C)(Cc1ccc(OC(C)N2CCOc3ccccc32)cc1)Oc1ccccc1. The van der Waals surface area contributed by atoms with Crippen LogP contribution in [0.5, 0.6) is 17.2 Å². The maximum absolute atomic E-state index is 12.1. The zero-order chi connectivity index (χ0) is 24.0. The van der Waals surface area contributed by atoms with Crippen molar-refractivity contribution in [3.63, 3.8) is 0 Å². The number of hydrogen-bond acceptors (Lipinski definition) is 6. The van der Waals surface area contributed by atoms with Crippen molar-refractivity contribution in [2.75, 3.05) is 25.2 Å². The average Bonchev–Trinajstić information content (AvgIpc) is 2.85. The summed E-state index contributed by atoms with van der Waals surface area (Å²) in [4.78, 5) is 14.3. The van der Waals surface area contributed by atoms with E-state index in [2.05, 4.69) is 4.90 Å². The summed E-state index contributed by atoms with van der Waals surface area (Å²) in [6, 6.07) is 25.5. The minimum absolute atomic E-state index is 0.143. The van der Waals surface area contributed by atoms with E-state index in [1.165, 1.54) is 7.11 Å². The first kappa shape index (κ1) is 23.5. The molecule has 0 aromatic heterocycles. The van der Waals surface area contributed by atoms with E-state index in [1.807, 2.05) is 92.7 Å². The summed E-state index contributed by atoms with van der Waals surface area (Å²) in [5, 5.41) is 0. The summed E-state index contributed by atoms with van der Waals surface area (Å²) < 4.78 is 23.1. The van der Waals surface area contributed by atoms with Gasteiger partial charge in [0.15, 0.2) is 6.23 Å². The van der Waals surface area contributed by atoms with E-state index in [0.29, 0.717) is 18.8 Å². The van der Waals surface area contributed by atoms with Crippen molar-refractivity contribution in [3.05, 3.63) is 84.4 Å². The lowest BCUT2D eigenvalue weighted by molar-refractivity contribution is -0.144. The molecule has 6 nitrogen and oxygen atoms in total. The fourth-order valence-electron chi connectivity index (χ4n) is 4.23. The molecule has 1 aliphatic heterocycles. The Kier molecular flexibility index (Phi) is 7.26. The van der Waals surface area contributed by atoms with Crippen LogP contribution in [-0.4, -0.2) is 38.1 Å². The van der Waals surface area contributed by atoms with Gasteiger partial charge < -0.3 is 23.8 Å². The Bertz CT molecular complexity index is 1090. The smallest absolute Gasteiger partial charge is 0.309 e. The minimum Gasteiger partial charge on any atom is -0.490 e. The topological polar surface area (TPSA) is 57.2 Å². The number of ether oxygens (including phenoxy) is 4. The number of rotatable bonds is 9. The molecule has 2 atom stereocenters. The summed E-state index contributed by atoms with van der Waals surface area (Å²) in [6.07, 6.45) is 0.537. The number of benzene rings is 3. The third-order valence-corrected chi connectivity index (χ3v) is 5.86. The number of esters is 1. The summed E-state index contributed by atoms with van der Waals surface area (Å²) >= 11 is 0. The Labute approximate surface area is 201 Å². The Morgan fingerprint density at radius 3 is 2.44 bits per heavy atom. The second-order valence-electron chi connectivity index (χ2n) is 8.67. The maximum Gasteiger partial charge on any atom is 0.309 e. The Balaban J connectivity index is 1.44. The molecule has 0 spiro atoms. The Morgan fingerprint density at radius 1 is 1.00 bits per heavy atom. The molecule has 4 rings (SSSR count). The van der Waals surface area contributed by atoms with Gasteiger partial charge >= 0.3 is 5.97 Å². The van der Waals surface area contributed by atoms with Gasteiger partial charge in [-0.1, -0.05) is 42.5 Å². The first-order valence-electron chi connectivity index (χ1n) is 11.5. The summed E-state index contributed by atoms with van der Waals surface area (Å²) in [7, 11) is 1.39. The van der Waals surface area contributed by atoms with Crippen molar-refractivity contribution >= 4 is 11.7 Å². The van der Waals surface area contributed by atoms with Crippen LogP contribution in [0.4, 0.5) is 5.69 Å². The van der Waals surface area contributed by atoms with Gasteiger partial charge in [0.05, 0.1) is 25.8 Å². The summed E-state index contributed by atoms with van der Waals surface area (Å²) in [5.41, 5.74) is 1.33. The average molecular weight is 462 g/mol. The highest BCUT2D eigenvalue weighted by Crippen LogP contribution is 2.33. The molecule has 1 heterocycles. The predicted octanol–water partition coefficient (Wildman–Crippen LogP) is 5.25. The molecule has 0 aliphatic carbocycles. The standard InChI is InChI=1S/C28H31NO5/c1-21(29-17-18-32-26-12-8-7-11-25(26)29)33-23-15-13-22(14-16-23)19-28(2,20-27(30)31-3)34-24-9-5-4-6-10-24/h4-16,21H,17-20H2,1-3H3. The van der Waals surface area contributed by atoms with E-state index in [-0.39, 0.29) is 18.6 Å². The van der Waals surface area contributed by atoms with Crippen LogP contribution in [0, 0.1) is 0 Å². The van der Waals surface area contributed by atoms with E-state index < -0.39 is 5.60 Å². The number of fused-ring (bicyclic) bond motifs is 1. The highest BCUT2D eigenvalue weighted by atomic mass is 16.5. The van der Waals surface area contributed by atoms with Gasteiger partial charge in [-0.3, -0.25) is 4.79 Å². The fourth-order valence-corrected chi connectivity index (χ4v) is 4.23. The number of nitrogens with zero attached hydrogens (tertiary/aromatic N) is 1. The molecule has 0 radical (unpaired) electrons. The van der Waals surface area contributed by atoms with Crippen molar-refractivity contribution in [3.8, 4) is 17.2 Å². The van der Waals surface area contributed by atoms with Crippen molar-refractivity contribution in [1.82, 2.24) is 0 Å². The van der Waals surface area contributed by atoms with Crippen molar-refractivity contribution in [1.29, 1.82) is 0 Å². The number of para-hydroxylation sites is 3. The molecule has 0 saturated carbocycles. The van der Waals surface area contributed by atoms with Crippen molar-refractivity contribution in [2.24, 2.45) is 0 Å². The molecule has 0 saturated heterocycles. The molecule has 3 aromatic rings. The normalized spacial score (nSPS) is 15.3. The van der Waals surface area contributed by atoms with Crippen LogP contribution in [0.2, 0.25) is 0 Å². The number of carbonyl (C=O) groups is 1. The number of hydrogen-bond donors (Lipinski definition) is 0. The first-order chi connectivity index (χ1) is 16.5.